The van der Waals surface area contributed by atoms with Gasteiger partial charge in [-0.05, 0) is 42.9 Å². The second kappa shape index (κ2) is 8.28. The number of benzene rings is 1. The molecule has 2 N–H and O–H groups in total. The lowest BCUT2D eigenvalue weighted by Crippen LogP contribution is -2.24. The van der Waals surface area contributed by atoms with E-state index in [4.69, 9.17) is 15.2 Å². The van der Waals surface area contributed by atoms with Crippen LogP contribution in [-0.2, 0) is 11.2 Å². The highest BCUT2D eigenvalue weighted by Gasteiger charge is 2.14. The van der Waals surface area contributed by atoms with E-state index in [2.05, 4.69) is 18.2 Å². The predicted molar refractivity (Wildman–Crippen MR) is 82.1 cm³/mol. The van der Waals surface area contributed by atoms with Gasteiger partial charge in [0, 0.05) is 13.7 Å². The molecular formula is C17H27NO2. The minimum absolute atomic E-state index is 0.0867. The van der Waals surface area contributed by atoms with Crippen LogP contribution in [0.5, 0.6) is 5.75 Å². The number of hydrogen-bond donors (Lipinski definition) is 1. The lowest BCUT2D eigenvalue weighted by Gasteiger charge is -2.22. The summed E-state index contributed by atoms with van der Waals surface area (Å²) in [7, 11) is 1.71. The number of nitrogens with two attached hydrogens (primary N) is 1. The number of ether oxygens (including phenoxy) is 2. The first-order chi connectivity index (χ1) is 9.81. The van der Waals surface area contributed by atoms with E-state index in [1.807, 2.05) is 6.07 Å². The van der Waals surface area contributed by atoms with Gasteiger partial charge in [-0.3, -0.25) is 0 Å². The van der Waals surface area contributed by atoms with E-state index < -0.39 is 0 Å². The third kappa shape index (κ3) is 4.80. The SMILES string of the molecule is COC(CN)Cc1cccc(OCC2CCCCC2)c1. The molecule has 1 unspecified atom stereocenters. The van der Waals surface area contributed by atoms with E-state index in [1.165, 1.54) is 37.7 Å². The lowest BCUT2D eigenvalue weighted by atomic mass is 9.90. The molecule has 0 heterocycles. The number of rotatable bonds is 7. The summed E-state index contributed by atoms with van der Waals surface area (Å²) in [5.41, 5.74) is 6.89. The molecule has 1 saturated carbocycles. The van der Waals surface area contributed by atoms with Gasteiger partial charge in [0.25, 0.3) is 0 Å². The Balaban J connectivity index is 1.85. The molecule has 1 aliphatic rings. The fourth-order valence-electron chi connectivity index (χ4n) is 2.86. The smallest absolute Gasteiger partial charge is 0.119 e. The minimum atomic E-state index is 0.0867. The first kappa shape index (κ1) is 15.3. The third-order valence-electron chi connectivity index (χ3n) is 4.17. The van der Waals surface area contributed by atoms with Crippen molar-refractivity contribution in [3.8, 4) is 5.75 Å². The summed E-state index contributed by atoms with van der Waals surface area (Å²) < 4.78 is 11.3. The van der Waals surface area contributed by atoms with Crippen LogP contribution in [-0.4, -0.2) is 26.4 Å². The van der Waals surface area contributed by atoms with Gasteiger partial charge in [0.05, 0.1) is 12.7 Å². The Morgan fingerprint density at radius 1 is 1.25 bits per heavy atom. The average Bonchev–Trinajstić information content (AvgIpc) is 2.52. The summed E-state index contributed by atoms with van der Waals surface area (Å²) >= 11 is 0. The van der Waals surface area contributed by atoms with Gasteiger partial charge in [0.2, 0.25) is 0 Å². The molecule has 1 fully saturated rings. The van der Waals surface area contributed by atoms with Crippen LogP contribution in [0, 0.1) is 5.92 Å². The Labute approximate surface area is 122 Å². The van der Waals surface area contributed by atoms with Gasteiger partial charge in [0.15, 0.2) is 0 Å². The van der Waals surface area contributed by atoms with Crippen LogP contribution in [0.3, 0.4) is 0 Å². The molecular weight excluding hydrogens is 250 g/mol. The van der Waals surface area contributed by atoms with Crippen LogP contribution in [0.1, 0.15) is 37.7 Å². The van der Waals surface area contributed by atoms with E-state index in [9.17, 15) is 0 Å². The van der Waals surface area contributed by atoms with Gasteiger partial charge in [-0.15, -0.1) is 0 Å². The molecule has 1 aliphatic carbocycles. The Hall–Kier alpha value is -1.06. The Kier molecular flexibility index (Phi) is 6.34. The number of hydrogen-bond acceptors (Lipinski definition) is 3. The van der Waals surface area contributed by atoms with Gasteiger partial charge in [0.1, 0.15) is 5.75 Å². The van der Waals surface area contributed by atoms with Gasteiger partial charge < -0.3 is 15.2 Å². The molecule has 0 aromatic heterocycles. The van der Waals surface area contributed by atoms with Crippen LogP contribution in [0.15, 0.2) is 24.3 Å². The molecule has 2 rings (SSSR count). The van der Waals surface area contributed by atoms with Gasteiger partial charge in [-0.1, -0.05) is 31.4 Å². The molecule has 0 amide bonds. The largest absolute Gasteiger partial charge is 0.493 e. The van der Waals surface area contributed by atoms with Crippen LogP contribution in [0.25, 0.3) is 0 Å². The van der Waals surface area contributed by atoms with Crippen molar-refractivity contribution in [2.24, 2.45) is 11.7 Å². The zero-order chi connectivity index (χ0) is 14.2. The quantitative estimate of drug-likeness (QED) is 0.832. The molecule has 1 aromatic carbocycles. The lowest BCUT2D eigenvalue weighted by molar-refractivity contribution is 0.110. The van der Waals surface area contributed by atoms with Crippen molar-refractivity contribution in [1.29, 1.82) is 0 Å². The van der Waals surface area contributed by atoms with E-state index in [0.29, 0.717) is 6.54 Å². The first-order valence-electron chi connectivity index (χ1n) is 7.76. The summed E-state index contributed by atoms with van der Waals surface area (Å²) in [4.78, 5) is 0. The fraction of sp³-hybridized carbons (Fsp3) is 0.647. The van der Waals surface area contributed by atoms with Gasteiger partial charge >= 0.3 is 0 Å². The summed E-state index contributed by atoms with van der Waals surface area (Å²) in [6.07, 6.45) is 7.68. The highest BCUT2D eigenvalue weighted by Crippen LogP contribution is 2.25. The number of methoxy groups -OCH3 is 1. The third-order valence-corrected chi connectivity index (χ3v) is 4.17. The fourth-order valence-corrected chi connectivity index (χ4v) is 2.86. The zero-order valence-corrected chi connectivity index (χ0v) is 12.5. The van der Waals surface area contributed by atoms with E-state index in [1.54, 1.807) is 7.11 Å². The summed E-state index contributed by atoms with van der Waals surface area (Å²) in [6, 6.07) is 8.31. The van der Waals surface area contributed by atoms with Crippen molar-refractivity contribution < 1.29 is 9.47 Å². The molecule has 20 heavy (non-hydrogen) atoms. The average molecular weight is 277 g/mol. The van der Waals surface area contributed by atoms with Crippen molar-refractivity contribution in [2.45, 2.75) is 44.6 Å². The van der Waals surface area contributed by atoms with E-state index in [0.717, 1.165) is 24.7 Å². The van der Waals surface area contributed by atoms with Crippen LogP contribution in [0.4, 0.5) is 0 Å². The van der Waals surface area contributed by atoms with Crippen LogP contribution in [0.2, 0.25) is 0 Å². The van der Waals surface area contributed by atoms with Gasteiger partial charge in [-0.2, -0.15) is 0 Å². The molecule has 0 radical (unpaired) electrons. The van der Waals surface area contributed by atoms with E-state index in [-0.39, 0.29) is 6.10 Å². The zero-order valence-electron chi connectivity index (χ0n) is 12.5. The monoisotopic (exact) mass is 277 g/mol. The molecule has 112 valence electrons. The topological polar surface area (TPSA) is 44.5 Å². The maximum atomic E-state index is 5.96. The standard InChI is InChI=1S/C17H27NO2/c1-19-17(12-18)11-15-8-5-9-16(10-15)20-13-14-6-3-2-4-7-14/h5,8-10,14,17H,2-4,6-7,11-13,18H2,1H3. The van der Waals surface area contributed by atoms with Crippen LogP contribution >= 0.6 is 0 Å². The second-order valence-electron chi connectivity index (χ2n) is 5.76. The normalized spacial score (nSPS) is 17.9. The maximum absolute atomic E-state index is 5.96. The van der Waals surface area contributed by atoms with Gasteiger partial charge in [-0.25, -0.2) is 0 Å². The predicted octanol–water partition coefficient (Wildman–Crippen LogP) is 3.16. The Morgan fingerprint density at radius 3 is 2.75 bits per heavy atom. The Bertz CT molecular complexity index is 384. The van der Waals surface area contributed by atoms with Crippen molar-refractivity contribution in [3.63, 3.8) is 0 Å². The molecule has 1 atom stereocenters. The van der Waals surface area contributed by atoms with Crippen molar-refractivity contribution in [1.82, 2.24) is 0 Å². The van der Waals surface area contributed by atoms with Crippen molar-refractivity contribution in [3.05, 3.63) is 29.8 Å². The summed E-state index contributed by atoms with van der Waals surface area (Å²) in [5, 5.41) is 0. The molecule has 3 nitrogen and oxygen atoms in total. The summed E-state index contributed by atoms with van der Waals surface area (Å²) in [6.45, 7) is 1.40. The summed E-state index contributed by atoms with van der Waals surface area (Å²) in [5.74, 6) is 1.71. The second-order valence-corrected chi connectivity index (χ2v) is 5.76. The molecule has 0 spiro atoms. The van der Waals surface area contributed by atoms with Crippen LogP contribution < -0.4 is 10.5 Å². The highest BCUT2D eigenvalue weighted by molar-refractivity contribution is 5.29. The van der Waals surface area contributed by atoms with Crippen molar-refractivity contribution in [2.75, 3.05) is 20.3 Å². The molecule has 0 aliphatic heterocycles. The van der Waals surface area contributed by atoms with E-state index >= 15 is 0 Å². The molecule has 3 heteroatoms. The maximum Gasteiger partial charge on any atom is 0.119 e. The minimum Gasteiger partial charge on any atom is -0.493 e. The first-order valence-corrected chi connectivity index (χ1v) is 7.76. The highest BCUT2D eigenvalue weighted by atomic mass is 16.5. The molecule has 0 saturated heterocycles. The molecule has 1 aromatic rings. The Morgan fingerprint density at radius 2 is 2.05 bits per heavy atom. The molecule has 0 bridgehead atoms. The van der Waals surface area contributed by atoms with Crippen molar-refractivity contribution >= 4 is 0 Å².